The summed E-state index contributed by atoms with van der Waals surface area (Å²) in [6, 6.07) is 0. The molecule has 1 atom stereocenters. The molecular weight excluding hydrogens is 160 g/mol. The van der Waals surface area contributed by atoms with E-state index in [1.54, 1.807) is 0 Å². The Bertz CT molecular complexity index is 309. The number of allylic oxidation sites excluding steroid dienone is 4. The summed E-state index contributed by atoms with van der Waals surface area (Å²) in [5.74, 6) is 0.381. The molecular formula is C12H16O. The Hall–Kier alpha value is -0.850. The maximum absolute atomic E-state index is 11.7. The van der Waals surface area contributed by atoms with Crippen molar-refractivity contribution in [3.05, 3.63) is 23.3 Å². The van der Waals surface area contributed by atoms with Crippen molar-refractivity contribution in [2.75, 3.05) is 0 Å². The van der Waals surface area contributed by atoms with E-state index in [0.717, 1.165) is 31.3 Å². The summed E-state index contributed by atoms with van der Waals surface area (Å²) in [7, 11) is 0. The Morgan fingerprint density at radius 1 is 1.38 bits per heavy atom. The van der Waals surface area contributed by atoms with Gasteiger partial charge >= 0.3 is 0 Å². The second kappa shape index (κ2) is 2.83. The van der Waals surface area contributed by atoms with Gasteiger partial charge in [-0.2, -0.15) is 0 Å². The maximum atomic E-state index is 11.7. The van der Waals surface area contributed by atoms with Gasteiger partial charge in [0.1, 0.15) is 0 Å². The molecule has 2 aliphatic carbocycles. The number of hydrogen-bond donors (Lipinski definition) is 0. The first-order chi connectivity index (χ1) is 6.13. The van der Waals surface area contributed by atoms with Crippen LogP contribution in [0.4, 0.5) is 0 Å². The van der Waals surface area contributed by atoms with Gasteiger partial charge in [0.25, 0.3) is 0 Å². The molecule has 0 aromatic carbocycles. The van der Waals surface area contributed by atoms with Crippen molar-refractivity contribution in [2.24, 2.45) is 5.41 Å². The number of carbonyl (C=O) groups is 1. The van der Waals surface area contributed by atoms with Crippen molar-refractivity contribution in [1.82, 2.24) is 0 Å². The van der Waals surface area contributed by atoms with E-state index in [0.29, 0.717) is 5.78 Å². The first kappa shape index (κ1) is 8.74. The second-order valence-corrected chi connectivity index (χ2v) is 4.48. The molecule has 70 valence electrons. The van der Waals surface area contributed by atoms with Crippen molar-refractivity contribution in [2.45, 2.75) is 39.5 Å². The average molecular weight is 176 g/mol. The van der Waals surface area contributed by atoms with Crippen LogP contribution in [0.3, 0.4) is 0 Å². The van der Waals surface area contributed by atoms with E-state index in [1.807, 2.05) is 0 Å². The first-order valence-corrected chi connectivity index (χ1v) is 5.05. The number of ketones is 1. The highest BCUT2D eigenvalue weighted by Gasteiger charge is 2.40. The normalized spacial score (nSPS) is 33.5. The van der Waals surface area contributed by atoms with Crippen molar-refractivity contribution < 1.29 is 4.79 Å². The summed E-state index contributed by atoms with van der Waals surface area (Å²) in [4.78, 5) is 11.7. The van der Waals surface area contributed by atoms with Crippen LogP contribution in [0, 0.1) is 5.41 Å². The van der Waals surface area contributed by atoms with Crippen LogP contribution in [0.5, 0.6) is 0 Å². The quantitative estimate of drug-likeness (QED) is 0.554. The van der Waals surface area contributed by atoms with Gasteiger partial charge in [0.05, 0.1) is 0 Å². The predicted molar refractivity (Wildman–Crippen MR) is 53.4 cm³/mol. The van der Waals surface area contributed by atoms with Gasteiger partial charge in [0, 0.05) is 12.0 Å². The van der Waals surface area contributed by atoms with Crippen LogP contribution in [0.1, 0.15) is 39.5 Å². The van der Waals surface area contributed by atoms with Crippen LogP contribution in [-0.4, -0.2) is 5.78 Å². The zero-order valence-corrected chi connectivity index (χ0v) is 8.39. The van der Waals surface area contributed by atoms with E-state index in [4.69, 9.17) is 0 Å². The molecule has 0 aromatic heterocycles. The molecule has 0 amide bonds. The number of carbonyl (C=O) groups excluding carboxylic acids is 1. The van der Waals surface area contributed by atoms with E-state index in [-0.39, 0.29) is 5.41 Å². The lowest BCUT2D eigenvalue weighted by Crippen LogP contribution is -2.15. The second-order valence-electron chi connectivity index (χ2n) is 4.48. The summed E-state index contributed by atoms with van der Waals surface area (Å²) >= 11 is 0. The van der Waals surface area contributed by atoms with Crippen LogP contribution in [-0.2, 0) is 4.79 Å². The molecule has 1 fully saturated rings. The fourth-order valence-electron chi connectivity index (χ4n) is 2.67. The number of rotatable bonds is 0. The Labute approximate surface area is 79.5 Å². The number of Topliss-reactive ketones (excluding diaryl/α,β-unsaturated/α-hetero) is 1. The smallest absolute Gasteiger partial charge is 0.159 e. The van der Waals surface area contributed by atoms with E-state index >= 15 is 0 Å². The minimum atomic E-state index is 0.185. The van der Waals surface area contributed by atoms with Crippen LogP contribution in [0.2, 0.25) is 0 Å². The van der Waals surface area contributed by atoms with Crippen molar-refractivity contribution in [1.29, 1.82) is 0 Å². The van der Waals surface area contributed by atoms with Crippen LogP contribution < -0.4 is 0 Å². The third kappa shape index (κ3) is 1.27. The zero-order chi connectivity index (χ0) is 9.47. The van der Waals surface area contributed by atoms with E-state index in [9.17, 15) is 4.79 Å². The van der Waals surface area contributed by atoms with Gasteiger partial charge in [0.2, 0.25) is 0 Å². The molecule has 0 aliphatic heterocycles. The Morgan fingerprint density at radius 3 is 2.92 bits per heavy atom. The molecule has 0 N–H and O–H groups in total. The SMILES string of the molecule is CC1=C2C(=O)CC[C@@]2(C)CCC=C1. The topological polar surface area (TPSA) is 17.1 Å². The molecule has 1 saturated carbocycles. The third-order valence-electron chi connectivity index (χ3n) is 3.41. The third-order valence-corrected chi connectivity index (χ3v) is 3.41. The van der Waals surface area contributed by atoms with Gasteiger partial charge < -0.3 is 0 Å². The maximum Gasteiger partial charge on any atom is 0.159 e. The standard InChI is InChI=1S/C12H16O/c1-9-5-3-4-7-12(2)8-6-10(13)11(9)12/h3,5H,4,6-8H2,1-2H3/t12-/m1/s1. The van der Waals surface area contributed by atoms with Crippen molar-refractivity contribution >= 4 is 5.78 Å². The summed E-state index contributed by atoms with van der Waals surface area (Å²) in [5.41, 5.74) is 2.49. The summed E-state index contributed by atoms with van der Waals surface area (Å²) in [6.45, 7) is 4.31. The molecule has 0 saturated heterocycles. The number of hydrogen-bond acceptors (Lipinski definition) is 1. The van der Waals surface area contributed by atoms with E-state index in [1.165, 1.54) is 5.57 Å². The average Bonchev–Trinajstić information content (AvgIpc) is 2.27. The molecule has 2 rings (SSSR count). The highest BCUT2D eigenvalue weighted by atomic mass is 16.1. The Balaban J connectivity index is 2.51. The molecule has 0 radical (unpaired) electrons. The van der Waals surface area contributed by atoms with Gasteiger partial charge in [-0.15, -0.1) is 0 Å². The van der Waals surface area contributed by atoms with E-state index < -0.39 is 0 Å². The summed E-state index contributed by atoms with van der Waals surface area (Å²) < 4.78 is 0. The zero-order valence-electron chi connectivity index (χ0n) is 8.39. The van der Waals surface area contributed by atoms with Crippen LogP contribution in [0.15, 0.2) is 23.3 Å². The van der Waals surface area contributed by atoms with Gasteiger partial charge in [-0.05, 0) is 37.2 Å². The molecule has 0 heterocycles. The highest BCUT2D eigenvalue weighted by Crippen LogP contribution is 2.46. The van der Waals surface area contributed by atoms with Crippen LogP contribution in [0.25, 0.3) is 0 Å². The lowest BCUT2D eigenvalue weighted by atomic mass is 9.79. The predicted octanol–water partition coefficient (Wildman–Crippen LogP) is 3.02. The number of fused-ring (bicyclic) bond motifs is 1. The molecule has 0 spiro atoms. The fourth-order valence-corrected chi connectivity index (χ4v) is 2.67. The monoisotopic (exact) mass is 176 g/mol. The van der Waals surface area contributed by atoms with Gasteiger partial charge in [0.15, 0.2) is 5.78 Å². The lowest BCUT2D eigenvalue weighted by molar-refractivity contribution is -0.114. The molecule has 2 aliphatic rings. The molecule has 0 unspecified atom stereocenters. The van der Waals surface area contributed by atoms with Crippen molar-refractivity contribution in [3.63, 3.8) is 0 Å². The summed E-state index contributed by atoms with van der Waals surface area (Å²) in [6.07, 6.45) is 8.38. The van der Waals surface area contributed by atoms with Gasteiger partial charge in [-0.25, -0.2) is 0 Å². The molecule has 1 nitrogen and oxygen atoms in total. The Morgan fingerprint density at radius 2 is 2.15 bits per heavy atom. The minimum Gasteiger partial charge on any atom is -0.295 e. The van der Waals surface area contributed by atoms with Crippen molar-refractivity contribution in [3.8, 4) is 0 Å². The molecule has 0 aromatic rings. The lowest BCUT2D eigenvalue weighted by Gasteiger charge is -2.24. The largest absolute Gasteiger partial charge is 0.295 e. The van der Waals surface area contributed by atoms with Crippen LogP contribution >= 0.6 is 0 Å². The van der Waals surface area contributed by atoms with E-state index in [2.05, 4.69) is 26.0 Å². The molecule has 0 bridgehead atoms. The highest BCUT2D eigenvalue weighted by molar-refractivity contribution is 6.00. The van der Waals surface area contributed by atoms with Gasteiger partial charge in [-0.1, -0.05) is 19.1 Å². The minimum absolute atomic E-state index is 0.185. The fraction of sp³-hybridized carbons (Fsp3) is 0.583. The Kier molecular flexibility index (Phi) is 1.90. The first-order valence-electron chi connectivity index (χ1n) is 5.05. The van der Waals surface area contributed by atoms with Gasteiger partial charge in [-0.3, -0.25) is 4.79 Å². The molecule has 13 heavy (non-hydrogen) atoms. The summed E-state index contributed by atoms with van der Waals surface area (Å²) in [5, 5.41) is 0. The molecule has 1 heteroatoms.